The van der Waals surface area contributed by atoms with Crippen molar-refractivity contribution in [2.45, 2.75) is 40.0 Å². The van der Waals surface area contributed by atoms with Crippen molar-refractivity contribution in [3.63, 3.8) is 0 Å². The number of nitrogens with zero attached hydrogens (tertiary/aromatic N) is 4. The molecule has 0 unspecified atom stereocenters. The fraction of sp³-hybridized carbons (Fsp3) is 0.429. The summed E-state index contributed by atoms with van der Waals surface area (Å²) in [6, 6.07) is 3.90. The maximum atomic E-state index is 9.07. The average Bonchev–Trinajstić information content (AvgIpc) is 2.38. The first kappa shape index (κ1) is 14.0. The average molecular weight is 242 g/mol. The normalized spacial score (nSPS) is 10.4. The molecule has 4 nitrogen and oxygen atoms in total. The Bertz CT molecular complexity index is 576. The maximum absolute atomic E-state index is 9.07. The summed E-state index contributed by atoms with van der Waals surface area (Å²) in [5.74, 6) is 0. The Hall–Kier alpha value is -2.02. The van der Waals surface area contributed by atoms with Crippen LogP contribution in [0.25, 0.3) is 10.9 Å². The van der Waals surface area contributed by atoms with Crippen molar-refractivity contribution in [3.05, 3.63) is 29.7 Å². The smallest absolute Gasteiger partial charge is 0.167 e. The Balaban J connectivity index is 0.000000771. The second-order valence-corrected chi connectivity index (χ2v) is 4.68. The summed E-state index contributed by atoms with van der Waals surface area (Å²) in [6.45, 7) is 10.2. The highest BCUT2D eigenvalue weighted by Crippen LogP contribution is 2.30. The summed E-state index contributed by atoms with van der Waals surface area (Å²) >= 11 is 0. The maximum Gasteiger partial charge on any atom is 0.167 e. The molecule has 2 aromatic heterocycles. The van der Waals surface area contributed by atoms with Crippen molar-refractivity contribution in [1.82, 2.24) is 15.2 Å². The van der Waals surface area contributed by atoms with Crippen molar-refractivity contribution in [3.8, 4) is 6.07 Å². The van der Waals surface area contributed by atoms with Gasteiger partial charge in [0.25, 0.3) is 0 Å². The largest absolute Gasteiger partial charge is 0.264 e. The monoisotopic (exact) mass is 242 g/mol. The van der Waals surface area contributed by atoms with Crippen LogP contribution in [0.3, 0.4) is 0 Å². The molecule has 94 valence electrons. The fourth-order valence-electron chi connectivity index (χ4n) is 1.79. The quantitative estimate of drug-likeness (QED) is 0.711. The molecule has 0 N–H and O–H groups in total. The lowest BCUT2D eigenvalue weighted by atomic mass is 9.84. The van der Waals surface area contributed by atoms with Gasteiger partial charge in [0.05, 0.1) is 5.52 Å². The van der Waals surface area contributed by atoms with E-state index in [1.54, 1.807) is 18.5 Å². The van der Waals surface area contributed by atoms with Crippen LogP contribution in [0, 0.1) is 11.3 Å². The molecule has 0 saturated heterocycles. The van der Waals surface area contributed by atoms with Crippen molar-refractivity contribution >= 4 is 10.9 Å². The molecule has 2 rings (SSSR count). The first-order valence-corrected chi connectivity index (χ1v) is 6.05. The van der Waals surface area contributed by atoms with Crippen LogP contribution in [0.5, 0.6) is 0 Å². The van der Waals surface area contributed by atoms with Gasteiger partial charge in [0.1, 0.15) is 6.07 Å². The summed E-state index contributed by atoms with van der Waals surface area (Å²) in [7, 11) is 0. The molecule has 0 atom stereocenters. The molecule has 0 aliphatic carbocycles. The summed E-state index contributed by atoms with van der Waals surface area (Å²) in [6.07, 6.45) is 3.42. The first-order valence-electron chi connectivity index (χ1n) is 6.05. The van der Waals surface area contributed by atoms with Crippen LogP contribution in [0.15, 0.2) is 18.5 Å². The van der Waals surface area contributed by atoms with Gasteiger partial charge in [0.2, 0.25) is 0 Å². The van der Waals surface area contributed by atoms with Crippen LogP contribution in [0.2, 0.25) is 0 Å². The fourth-order valence-corrected chi connectivity index (χ4v) is 1.79. The topological polar surface area (TPSA) is 62.5 Å². The zero-order chi connectivity index (χ0) is 13.8. The third-order valence-electron chi connectivity index (χ3n) is 2.42. The number of aromatic nitrogens is 3. The molecule has 0 spiro atoms. The van der Waals surface area contributed by atoms with E-state index in [1.807, 2.05) is 13.8 Å². The molecular weight excluding hydrogens is 224 g/mol. The highest BCUT2D eigenvalue weighted by atomic mass is 15.1. The molecule has 0 saturated carbocycles. The number of rotatable bonds is 0. The second-order valence-electron chi connectivity index (χ2n) is 4.68. The van der Waals surface area contributed by atoms with Gasteiger partial charge in [-0.2, -0.15) is 5.26 Å². The third kappa shape index (κ3) is 2.62. The van der Waals surface area contributed by atoms with E-state index in [9.17, 15) is 0 Å². The summed E-state index contributed by atoms with van der Waals surface area (Å²) in [5, 5.41) is 17.9. The number of nitriles is 1. The van der Waals surface area contributed by atoms with Gasteiger partial charge in [0, 0.05) is 23.3 Å². The lowest BCUT2D eigenvalue weighted by molar-refractivity contribution is 0.589. The molecule has 0 amide bonds. The zero-order valence-corrected chi connectivity index (χ0v) is 11.5. The zero-order valence-electron chi connectivity index (χ0n) is 11.5. The van der Waals surface area contributed by atoms with Crippen LogP contribution in [0.4, 0.5) is 0 Å². The van der Waals surface area contributed by atoms with Gasteiger partial charge in [-0.15, -0.1) is 10.2 Å². The molecule has 0 aliphatic rings. The minimum Gasteiger partial charge on any atom is -0.264 e. The van der Waals surface area contributed by atoms with Gasteiger partial charge in [-0.3, -0.25) is 4.98 Å². The van der Waals surface area contributed by atoms with Gasteiger partial charge in [-0.1, -0.05) is 34.6 Å². The predicted octanol–water partition coefficient (Wildman–Crippen LogP) is 3.22. The van der Waals surface area contributed by atoms with E-state index in [0.717, 1.165) is 16.5 Å². The summed E-state index contributed by atoms with van der Waals surface area (Å²) in [5.41, 5.74) is 1.92. The first-order chi connectivity index (χ1) is 8.54. The van der Waals surface area contributed by atoms with Crippen molar-refractivity contribution in [2.24, 2.45) is 0 Å². The Labute approximate surface area is 108 Å². The lowest BCUT2D eigenvalue weighted by Gasteiger charge is -2.21. The van der Waals surface area contributed by atoms with E-state index in [1.165, 1.54) is 0 Å². The molecule has 2 heterocycles. The molecule has 2 aromatic rings. The van der Waals surface area contributed by atoms with Gasteiger partial charge in [-0.05, 0) is 11.5 Å². The van der Waals surface area contributed by atoms with Gasteiger partial charge in [0.15, 0.2) is 5.69 Å². The van der Waals surface area contributed by atoms with Gasteiger partial charge in [-0.25, -0.2) is 0 Å². The molecule has 0 aliphatic heterocycles. The third-order valence-corrected chi connectivity index (χ3v) is 2.42. The number of fused-ring (bicyclic) bond motifs is 1. The lowest BCUT2D eigenvalue weighted by Crippen LogP contribution is -2.16. The van der Waals surface area contributed by atoms with E-state index < -0.39 is 0 Å². The van der Waals surface area contributed by atoms with E-state index in [-0.39, 0.29) is 5.41 Å². The van der Waals surface area contributed by atoms with Crippen molar-refractivity contribution in [2.75, 3.05) is 0 Å². The molecule has 0 aromatic carbocycles. The van der Waals surface area contributed by atoms with E-state index >= 15 is 0 Å². The van der Waals surface area contributed by atoms with Gasteiger partial charge >= 0.3 is 0 Å². The molecule has 0 fully saturated rings. The second kappa shape index (κ2) is 5.54. The van der Waals surface area contributed by atoms with Crippen LogP contribution in [-0.2, 0) is 5.41 Å². The van der Waals surface area contributed by atoms with Crippen LogP contribution >= 0.6 is 0 Å². The SMILES string of the molecule is CC.CC(C)(C)c1c(C#N)nnc2ccncc12. The van der Waals surface area contributed by atoms with Crippen LogP contribution < -0.4 is 0 Å². The highest BCUT2D eigenvalue weighted by Gasteiger charge is 2.22. The number of hydrogen-bond donors (Lipinski definition) is 0. The summed E-state index contributed by atoms with van der Waals surface area (Å²) in [4.78, 5) is 4.09. The van der Waals surface area contributed by atoms with Crippen molar-refractivity contribution in [1.29, 1.82) is 5.26 Å². The minimum atomic E-state index is -0.151. The molecule has 0 radical (unpaired) electrons. The Kier molecular flexibility index (Phi) is 4.33. The number of hydrogen-bond acceptors (Lipinski definition) is 4. The molecular formula is C14H18N4. The predicted molar refractivity (Wildman–Crippen MR) is 72.1 cm³/mol. The van der Waals surface area contributed by atoms with Gasteiger partial charge < -0.3 is 0 Å². The minimum absolute atomic E-state index is 0.151. The van der Waals surface area contributed by atoms with E-state index in [0.29, 0.717) is 5.69 Å². The van der Waals surface area contributed by atoms with E-state index in [2.05, 4.69) is 42.0 Å². The Morgan fingerprint density at radius 1 is 1.17 bits per heavy atom. The standard InChI is InChI=1S/C12H12N4.C2H6/c1-12(2,3)11-8-7-14-5-4-9(8)15-16-10(11)6-13;1-2/h4-5,7H,1-3H3;1-2H3. The Morgan fingerprint density at radius 3 is 2.39 bits per heavy atom. The highest BCUT2D eigenvalue weighted by molar-refractivity contribution is 5.82. The molecule has 18 heavy (non-hydrogen) atoms. The number of pyridine rings is 1. The molecule has 4 heteroatoms. The van der Waals surface area contributed by atoms with Crippen LogP contribution in [0.1, 0.15) is 45.9 Å². The van der Waals surface area contributed by atoms with E-state index in [4.69, 9.17) is 5.26 Å². The molecule has 0 bridgehead atoms. The summed E-state index contributed by atoms with van der Waals surface area (Å²) < 4.78 is 0. The van der Waals surface area contributed by atoms with Crippen molar-refractivity contribution < 1.29 is 0 Å². The van der Waals surface area contributed by atoms with Crippen LogP contribution in [-0.4, -0.2) is 15.2 Å². The Morgan fingerprint density at radius 2 is 1.83 bits per heavy atom.